The highest BCUT2D eigenvalue weighted by Crippen LogP contribution is 2.24. The second-order valence-corrected chi connectivity index (χ2v) is 7.03. The number of anilines is 1. The lowest BCUT2D eigenvalue weighted by atomic mass is 10.4. The monoisotopic (exact) mass is 350 g/mol. The molecule has 0 aliphatic heterocycles. The van der Waals surface area contributed by atoms with Crippen LogP contribution in [0.2, 0.25) is 0 Å². The zero-order chi connectivity index (χ0) is 16.2. The Labute approximate surface area is 140 Å². The van der Waals surface area contributed by atoms with Crippen molar-refractivity contribution < 1.29 is 13.8 Å². The normalized spacial score (nSPS) is 12.3. The van der Waals surface area contributed by atoms with Crippen LogP contribution >= 0.6 is 23.1 Å². The molecular formula is C14H14N4O3S2. The summed E-state index contributed by atoms with van der Waals surface area (Å²) in [6.07, 6.45) is 0. The lowest BCUT2D eigenvalue weighted by molar-refractivity contribution is -0.115. The van der Waals surface area contributed by atoms with Gasteiger partial charge in [-0.25, -0.2) is 0 Å². The Morgan fingerprint density at radius 1 is 1.43 bits per heavy atom. The fourth-order valence-corrected chi connectivity index (χ4v) is 3.11. The topological polar surface area (TPSA) is 94.1 Å². The van der Waals surface area contributed by atoms with Crippen molar-refractivity contribution >= 4 is 34.8 Å². The van der Waals surface area contributed by atoms with E-state index in [2.05, 4.69) is 20.6 Å². The summed E-state index contributed by atoms with van der Waals surface area (Å²) >= 11 is 2.96. The number of amides is 1. The van der Waals surface area contributed by atoms with Crippen LogP contribution in [-0.4, -0.2) is 26.5 Å². The zero-order valence-electron chi connectivity index (χ0n) is 12.5. The summed E-state index contributed by atoms with van der Waals surface area (Å²) in [5, 5.41) is 12.0. The highest BCUT2D eigenvalue weighted by molar-refractivity contribution is 7.99. The lowest BCUT2D eigenvalue weighted by Gasteiger charge is -2.08. The fraction of sp³-hybridized carbons (Fsp3) is 0.286. The number of thiophene rings is 1. The van der Waals surface area contributed by atoms with Gasteiger partial charge >= 0.3 is 0 Å². The minimum Gasteiger partial charge on any atom is -0.360 e. The molecule has 7 nitrogen and oxygen atoms in total. The number of nitrogens with zero attached hydrogens (tertiary/aromatic N) is 3. The number of hydrogen-bond acceptors (Lipinski definition) is 8. The molecule has 0 aliphatic carbocycles. The first kappa shape index (κ1) is 15.8. The van der Waals surface area contributed by atoms with Gasteiger partial charge in [-0.05, 0) is 25.3 Å². The SMILES string of the molecule is Cc1cc(NC(=O)[C@@H](C)SCc2nc(-c3cccs3)no2)no1. The van der Waals surface area contributed by atoms with E-state index >= 15 is 0 Å². The maximum atomic E-state index is 12.1. The lowest BCUT2D eigenvalue weighted by Crippen LogP contribution is -2.22. The third-order valence-electron chi connectivity index (χ3n) is 2.91. The van der Waals surface area contributed by atoms with Gasteiger partial charge in [0.2, 0.25) is 17.6 Å². The molecule has 3 aromatic rings. The number of carbonyl (C=O) groups excluding carboxylic acids is 1. The Kier molecular flexibility index (Phi) is 4.77. The van der Waals surface area contributed by atoms with E-state index in [0.29, 0.717) is 29.0 Å². The van der Waals surface area contributed by atoms with Crippen LogP contribution in [0.4, 0.5) is 5.82 Å². The fourth-order valence-electron chi connectivity index (χ4n) is 1.74. The summed E-state index contributed by atoms with van der Waals surface area (Å²) in [5.41, 5.74) is 0. The molecule has 0 saturated heterocycles. The Balaban J connectivity index is 1.52. The van der Waals surface area contributed by atoms with E-state index in [4.69, 9.17) is 9.05 Å². The Bertz CT molecular complexity index is 782. The second-order valence-electron chi connectivity index (χ2n) is 4.75. The molecule has 0 unspecified atom stereocenters. The average Bonchev–Trinajstić information content (AvgIpc) is 3.26. The van der Waals surface area contributed by atoms with Crippen LogP contribution in [0.5, 0.6) is 0 Å². The van der Waals surface area contributed by atoms with Crippen LogP contribution in [0.1, 0.15) is 18.6 Å². The van der Waals surface area contributed by atoms with Gasteiger partial charge in [0.1, 0.15) is 5.76 Å². The molecule has 0 bridgehead atoms. The summed E-state index contributed by atoms with van der Waals surface area (Å²) in [7, 11) is 0. The van der Waals surface area contributed by atoms with E-state index in [0.717, 1.165) is 4.88 Å². The van der Waals surface area contributed by atoms with Gasteiger partial charge < -0.3 is 14.4 Å². The number of nitrogens with one attached hydrogen (secondary N) is 1. The van der Waals surface area contributed by atoms with Gasteiger partial charge in [-0.15, -0.1) is 23.1 Å². The third-order valence-corrected chi connectivity index (χ3v) is 4.91. The van der Waals surface area contributed by atoms with Gasteiger partial charge in [-0.2, -0.15) is 4.98 Å². The van der Waals surface area contributed by atoms with Gasteiger partial charge in [0.15, 0.2) is 5.82 Å². The molecule has 3 heterocycles. The molecule has 0 aliphatic rings. The smallest absolute Gasteiger partial charge is 0.238 e. The summed E-state index contributed by atoms with van der Waals surface area (Å²) in [6, 6.07) is 5.53. The van der Waals surface area contributed by atoms with Gasteiger partial charge in [-0.3, -0.25) is 4.79 Å². The van der Waals surface area contributed by atoms with Crippen molar-refractivity contribution in [3.05, 3.63) is 35.2 Å². The highest BCUT2D eigenvalue weighted by Gasteiger charge is 2.17. The first-order valence-electron chi connectivity index (χ1n) is 6.84. The van der Waals surface area contributed by atoms with E-state index in [1.807, 2.05) is 24.4 Å². The molecule has 0 radical (unpaired) electrons. The van der Waals surface area contributed by atoms with Crippen molar-refractivity contribution in [1.82, 2.24) is 15.3 Å². The molecule has 120 valence electrons. The minimum atomic E-state index is -0.288. The van der Waals surface area contributed by atoms with Crippen LogP contribution in [0.15, 0.2) is 32.6 Å². The molecule has 1 amide bonds. The number of rotatable bonds is 6. The van der Waals surface area contributed by atoms with E-state index in [1.54, 1.807) is 24.3 Å². The van der Waals surface area contributed by atoms with Crippen molar-refractivity contribution in [3.8, 4) is 10.7 Å². The number of aromatic nitrogens is 3. The predicted molar refractivity (Wildman–Crippen MR) is 88.2 cm³/mol. The largest absolute Gasteiger partial charge is 0.360 e. The Hall–Kier alpha value is -2.13. The van der Waals surface area contributed by atoms with Crippen LogP contribution in [0.25, 0.3) is 10.7 Å². The quantitative estimate of drug-likeness (QED) is 0.728. The molecule has 0 saturated carbocycles. The molecular weight excluding hydrogens is 336 g/mol. The molecule has 0 fully saturated rings. The number of hydrogen-bond donors (Lipinski definition) is 1. The molecule has 3 rings (SSSR count). The van der Waals surface area contributed by atoms with Gasteiger partial charge in [0.25, 0.3) is 0 Å². The molecule has 3 aromatic heterocycles. The number of aryl methyl sites for hydroxylation is 1. The molecule has 9 heteroatoms. The minimum absolute atomic E-state index is 0.152. The Morgan fingerprint density at radius 2 is 2.30 bits per heavy atom. The summed E-state index contributed by atoms with van der Waals surface area (Å²) in [5.74, 6) is 2.44. The van der Waals surface area contributed by atoms with Gasteiger partial charge in [0, 0.05) is 6.07 Å². The molecule has 23 heavy (non-hydrogen) atoms. The van der Waals surface area contributed by atoms with Crippen molar-refractivity contribution in [3.63, 3.8) is 0 Å². The van der Waals surface area contributed by atoms with Crippen LogP contribution in [0.3, 0.4) is 0 Å². The average molecular weight is 350 g/mol. The standard InChI is InChI=1S/C14H14N4O3S2/c1-8-6-11(17-20-8)15-14(19)9(2)23-7-12-16-13(18-21-12)10-4-3-5-22-10/h3-6,9H,7H2,1-2H3,(H,15,17,19)/t9-/m1/s1. The van der Waals surface area contributed by atoms with Gasteiger partial charge in [-0.1, -0.05) is 16.4 Å². The van der Waals surface area contributed by atoms with Crippen molar-refractivity contribution in [2.24, 2.45) is 0 Å². The van der Waals surface area contributed by atoms with Crippen molar-refractivity contribution in [2.45, 2.75) is 24.9 Å². The molecule has 0 aromatic carbocycles. The van der Waals surface area contributed by atoms with Crippen molar-refractivity contribution in [1.29, 1.82) is 0 Å². The Morgan fingerprint density at radius 3 is 3.00 bits per heavy atom. The van der Waals surface area contributed by atoms with E-state index < -0.39 is 0 Å². The van der Waals surface area contributed by atoms with E-state index in [9.17, 15) is 4.79 Å². The molecule has 1 N–H and O–H groups in total. The summed E-state index contributed by atoms with van der Waals surface area (Å²) in [4.78, 5) is 17.3. The van der Waals surface area contributed by atoms with Crippen LogP contribution < -0.4 is 5.32 Å². The maximum Gasteiger partial charge on any atom is 0.238 e. The van der Waals surface area contributed by atoms with E-state index in [1.165, 1.54) is 11.8 Å². The first-order valence-corrected chi connectivity index (χ1v) is 8.77. The molecule has 0 spiro atoms. The van der Waals surface area contributed by atoms with Crippen LogP contribution in [-0.2, 0) is 10.5 Å². The second kappa shape index (κ2) is 6.97. The predicted octanol–water partition coefficient (Wildman–Crippen LogP) is 3.35. The van der Waals surface area contributed by atoms with Crippen LogP contribution in [0, 0.1) is 6.92 Å². The van der Waals surface area contributed by atoms with E-state index in [-0.39, 0.29) is 11.2 Å². The van der Waals surface area contributed by atoms with Gasteiger partial charge in [0.05, 0.1) is 15.9 Å². The van der Waals surface area contributed by atoms with Crippen molar-refractivity contribution in [2.75, 3.05) is 5.32 Å². The number of thioether (sulfide) groups is 1. The highest BCUT2D eigenvalue weighted by atomic mass is 32.2. The zero-order valence-corrected chi connectivity index (χ0v) is 14.1. The first-order chi connectivity index (χ1) is 11.1. The summed E-state index contributed by atoms with van der Waals surface area (Å²) in [6.45, 7) is 3.57. The summed E-state index contributed by atoms with van der Waals surface area (Å²) < 4.78 is 10.1. The maximum absolute atomic E-state index is 12.1. The molecule has 1 atom stereocenters. The number of carbonyl (C=O) groups is 1. The third kappa shape index (κ3) is 3.99.